The quantitative estimate of drug-likeness (QED) is 0.369. The molecule has 0 aliphatic heterocycles. The van der Waals surface area contributed by atoms with Gasteiger partial charge in [-0.25, -0.2) is 4.98 Å². The lowest BCUT2D eigenvalue weighted by atomic mass is 10.1. The molecule has 0 radical (unpaired) electrons. The van der Waals surface area contributed by atoms with Gasteiger partial charge in [-0.2, -0.15) is 0 Å². The van der Waals surface area contributed by atoms with E-state index < -0.39 is 0 Å². The van der Waals surface area contributed by atoms with E-state index in [1.165, 1.54) is 11.3 Å². The number of hydrogen-bond acceptors (Lipinski definition) is 8. The number of hydrogen-bond donors (Lipinski definition) is 0. The number of anilines is 1. The van der Waals surface area contributed by atoms with Gasteiger partial charge in [0.2, 0.25) is 0 Å². The average Bonchev–Trinajstić information content (AvgIpc) is 3.27. The number of nitrogens with zero attached hydrogens (tertiary/aromatic N) is 3. The van der Waals surface area contributed by atoms with Crippen molar-refractivity contribution in [3.8, 4) is 23.0 Å². The molecule has 0 aliphatic rings. The second-order valence-corrected chi connectivity index (χ2v) is 8.27. The Morgan fingerprint density at radius 1 is 0.853 bits per heavy atom. The summed E-state index contributed by atoms with van der Waals surface area (Å²) >= 11 is 1.44. The van der Waals surface area contributed by atoms with E-state index in [-0.39, 0.29) is 18.3 Å². The first kappa shape index (κ1) is 27.5. The highest BCUT2D eigenvalue weighted by molar-refractivity contribution is 7.22. The molecule has 8 nitrogen and oxygen atoms in total. The summed E-state index contributed by atoms with van der Waals surface area (Å²) in [5.41, 5.74) is 1.22. The Hall–Kier alpha value is -2.75. The van der Waals surface area contributed by atoms with Gasteiger partial charge in [0.1, 0.15) is 11.5 Å². The monoisotopic (exact) mass is 509 g/mol. The van der Waals surface area contributed by atoms with Crippen LogP contribution in [0.3, 0.4) is 0 Å². The molecule has 0 spiro atoms. The largest absolute Gasteiger partial charge is 0.497 e. The Kier molecular flexibility index (Phi) is 10.2. The van der Waals surface area contributed by atoms with E-state index in [0.29, 0.717) is 40.2 Å². The number of thiazole rings is 1. The number of methoxy groups -OCH3 is 4. The molecular formula is C24H32ClN3O5S. The average molecular weight is 510 g/mol. The highest BCUT2D eigenvalue weighted by atomic mass is 35.5. The molecule has 2 aromatic carbocycles. The zero-order chi connectivity index (χ0) is 24.0. The molecule has 0 saturated heterocycles. The number of rotatable bonds is 11. The van der Waals surface area contributed by atoms with Gasteiger partial charge in [0.05, 0.1) is 38.7 Å². The highest BCUT2D eigenvalue weighted by Crippen LogP contribution is 2.38. The number of ether oxygens (including phenoxy) is 4. The first-order chi connectivity index (χ1) is 16.0. The van der Waals surface area contributed by atoms with Crippen molar-refractivity contribution < 1.29 is 23.7 Å². The molecule has 3 rings (SSSR count). The number of halogens is 1. The van der Waals surface area contributed by atoms with E-state index in [1.54, 1.807) is 51.5 Å². The molecule has 3 aromatic rings. The Bertz CT molecular complexity index is 1040. The van der Waals surface area contributed by atoms with Crippen molar-refractivity contribution >= 4 is 45.0 Å². The lowest BCUT2D eigenvalue weighted by Crippen LogP contribution is -2.38. The maximum Gasteiger partial charge on any atom is 0.260 e. The zero-order valence-corrected chi connectivity index (χ0v) is 22.0. The fourth-order valence-corrected chi connectivity index (χ4v) is 4.51. The number of carbonyl (C=O) groups excluding carboxylic acids is 1. The van der Waals surface area contributed by atoms with Gasteiger partial charge in [-0.1, -0.05) is 25.2 Å². The highest BCUT2D eigenvalue weighted by Gasteiger charge is 2.24. The molecule has 1 heterocycles. The van der Waals surface area contributed by atoms with E-state index in [0.717, 1.165) is 29.9 Å². The molecule has 0 N–H and O–H groups in total. The zero-order valence-electron chi connectivity index (χ0n) is 20.4. The molecule has 0 unspecified atom stereocenters. The van der Waals surface area contributed by atoms with Crippen LogP contribution in [0.15, 0.2) is 30.3 Å². The first-order valence-electron chi connectivity index (χ1n) is 10.8. The van der Waals surface area contributed by atoms with Crippen molar-refractivity contribution in [1.29, 1.82) is 0 Å². The van der Waals surface area contributed by atoms with Crippen LogP contribution in [0.5, 0.6) is 23.0 Å². The van der Waals surface area contributed by atoms with Crippen LogP contribution < -0.4 is 23.8 Å². The Labute approximate surface area is 210 Å². The minimum Gasteiger partial charge on any atom is -0.497 e. The third-order valence-corrected chi connectivity index (χ3v) is 6.53. The molecule has 1 aromatic heterocycles. The van der Waals surface area contributed by atoms with Gasteiger partial charge in [0.25, 0.3) is 5.91 Å². The first-order valence-corrected chi connectivity index (χ1v) is 11.6. The van der Waals surface area contributed by atoms with E-state index in [9.17, 15) is 4.79 Å². The van der Waals surface area contributed by atoms with Crippen molar-refractivity contribution in [1.82, 2.24) is 9.88 Å². The van der Waals surface area contributed by atoms with Crippen LogP contribution >= 0.6 is 23.7 Å². The standard InChI is InChI=1S/C24H31N3O5S.ClH/c1-7-26(8-2)9-10-27(23(28)16-11-17(29-3)13-18(12-16)30-4)24-25-19-14-20(31-5)21(32-6)15-22(19)33-24;/h11-15H,7-10H2,1-6H3;1H. The summed E-state index contributed by atoms with van der Waals surface area (Å²) in [7, 11) is 6.32. The van der Waals surface area contributed by atoms with Gasteiger partial charge in [-0.05, 0) is 25.2 Å². The number of fused-ring (bicyclic) bond motifs is 1. The van der Waals surface area contributed by atoms with Gasteiger partial charge >= 0.3 is 0 Å². The summed E-state index contributed by atoms with van der Waals surface area (Å²) in [6, 6.07) is 8.89. The van der Waals surface area contributed by atoms with E-state index in [4.69, 9.17) is 23.9 Å². The molecule has 0 fully saturated rings. The molecule has 0 atom stereocenters. The second kappa shape index (κ2) is 12.6. The minimum atomic E-state index is -0.169. The normalized spacial score (nSPS) is 10.7. The lowest BCUT2D eigenvalue weighted by Gasteiger charge is -2.25. The molecular weight excluding hydrogens is 478 g/mol. The SMILES string of the molecule is CCN(CC)CCN(C(=O)c1cc(OC)cc(OC)c1)c1nc2cc(OC)c(OC)cc2s1.Cl. The summed E-state index contributed by atoms with van der Waals surface area (Å²) in [6.07, 6.45) is 0. The van der Waals surface area contributed by atoms with Gasteiger partial charge in [0, 0.05) is 36.9 Å². The van der Waals surface area contributed by atoms with Gasteiger partial charge in [0.15, 0.2) is 16.6 Å². The molecule has 0 aliphatic carbocycles. The van der Waals surface area contributed by atoms with Gasteiger partial charge in [-0.15, -0.1) is 12.4 Å². The van der Waals surface area contributed by atoms with Crippen LogP contribution in [0.25, 0.3) is 10.2 Å². The van der Waals surface area contributed by atoms with Crippen LogP contribution in [-0.2, 0) is 0 Å². The molecule has 1 amide bonds. The number of amides is 1. The molecule has 10 heteroatoms. The van der Waals surface area contributed by atoms with E-state index >= 15 is 0 Å². The van der Waals surface area contributed by atoms with Crippen molar-refractivity contribution in [2.24, 2.45) is 0 Å². The van der Waals surface area contributed by atoms with Crippen molar-refractivity contribution in [2.75, 3.05) is 59.5 Å². The fraction of sp³-hybridized carbons (Fsp3) is 0.417. The Balaban J connectivity index is 0.00000408. The molecule has 0 bridgehead atoms. The summed E-state index contributed by atoms with van der Waals surface area (Å²) < 4.78 is 22.5. The van der Waals surface area contributed by atoms with Crippen LogP contribution in [0.1, 0.15) is 24.2 Å². The Morgan fingerprint density at radius 2 is 1.44 bits per heavy atom. The summed E-state index contributed by atoms with van der Waals surface area (Å²) in [5.74, 6) is 2.16. The Morgan fingerprint density at radius 3 is 1.97 bits per heavy atom. The van der Waals surface area contributed by atoms with Crippen LogP contribution in [-0.4, -0.2) is 70.4 Å². The van der Waals surface area contributed by atoms with Crippen molar-refractivity contribution in [3.63, 3.8) is 0 Å². The number of likely N-dealkylation sites (N-methyl/N-ethyl adjacent to an activating group) is 1. The fourth-order valence-electron chi connectivity index (χ4n) is 3.51. The van der Waals surface area contributed by atoms with Crippen molar-refractivity contribution in [2.45, 2.75) is 13.8 Å². The summed E-state index contributed by atoms with van der Waals surface area (Å²) in [5, 5.41) is 0.610. The second-order valence-electron chi connectivity index (χ2n) is 7.26. The lowest BCUT2D eigenvalue weighted by molar-refractivity contribution is 0.0983. The topological polar surface area (TPSA) is 73.4 Å². The summed E-state index contributed by atoms with van der Waals surface area (Å²) in [6.45, 7) is 7.24. The third kappa shape index (κ3) is 6.02. The smallest absolute Gasteiger partial charge is 0.260 e. The molecule has 0 saturated carbocycles. The van der Waals surface area contributed by atoms with Crippen LogP contribution in [0, 0.1) is 0 Å². The predicted octanol–water partition coefficient (Wildman–Crippen LogP) is 4.74. The molecule has 186 valence electrons. The third-order valence-electron chi connectivity index (χ3n) is 5.49. The van der Waals surface area contributed by atoms with E-state index in [1.807, 2.05) is 12.1 Å². The van der Waals surface area contributed by atoms with Crippen molar-refractivity contribution in [3.05, 3.63) is 35.9 Å². The minimum absolute atomic E-state index is 0. The van der Waals surface area contributed by atoms with Crippen LogP contribution in [0.4, 0.5) is 5.13 Å². The molecule has 34 heavy (non-hydrogen) atoms. The predicted molar refractivity (Wildman–Crippen MR) is 139 cm³/mol. The van der Waals surface area contributed by atoms with Gasteiger partial charge in [-0.3, -0.25) is 9.69 Å². The summed E-state index contributed by atoms with van der Waals surface area (Å²) in [4.78, 5) is 22.5. The van der Waals surface area contributed by atoms with Gasteiger partial charge < -0.3 is 23.8 Å². The van der Waals surface area contributed by atoms with Crippen LogP contribution in [0.2, 0.25) is 0 Å². The maximum atomic E-state index is 13.7. The number of benzene rings is 2. The van der Waals surface area contributed by atoms with E-state index in [2.05, 4.69) is 18.7 Å². The number of aromatic nitrogens is 1. The maximum absolute atomic E-state index is 13.7. The number of carbonyl (C=O) groups is 1.